The SMILES string of the molecule is CCCS/N=C(/CC)C(C)OC(C)C. The van der Waals surface area contributed by atoms with Gasteiger partial charge in [0.2, 0.25) is 0 Å². The zero-order chi connectivity index (χ0) is 11.0. The van der Waals surface area contributed by atoms with Gasteiger partial charge >= 0.3 is 0 Å². The molecular weight excluding hydrogens is 194 g/mol. The fourth-order valence-corrected chi connectivity index (χ4v) is 1.85. The van der Waals surface area contributed by atoms with E-state index >= 15 is 0 Å². The molecule has 0 aromatic carbocycles. The Kier molecular flexibility index (Phi) is 8.29. The van der Waals surface area contributed by atoms with Crippen LogP contribution in [0.1, 0.15) is 47.5 Å². The third kappa shape index (κ3) is 6.44. The molecule has 3 heteroatoms. The van der Waals surface area contributed by atoms with Crippen molar-refractivity contribution in [2.24, 2.45) is 4.40 Å². The van der Waals surface area contributed by atoms with E-state index in [1.54, 1.807) is 11.9 Å². The van der Waals surface area contributed by atoms with Crippen LogP contribution < -0.4 is 0 Å². The first kappa shape index (κ1) is 14.0. The van der Waals surface area contributed by atoms with E-state index in [1.165, 1.54) is 6.42 Å². The Morgan fingerprint density at radius 3 is 2.36 bits per heavy atom. The second-order valence-electron chi connectivity index (χ2n) is 3.60. The standard InChI is InChI=1S/C11H23NOS/c1-6-8-14-12-11(7-2)10(5)13-9(3)4/h9-10H,6-8H2,1-5H3/b12-11-. The molecule has 1 unspecified atom stereocenters. The summed E-state index contributed by atoms with van der Waals surface area (Å²) in [6, 6.07) is 0. The van der Waals surface area contributed by atoms with Crippen LogP contribution in [0.4, 0.5) is 0 Å². The van der Waals surface area contributed by atoms with E-state index in [1.807, 2.05) is 0 Å². The minimum atomic E-state index is 0.157. The molecule has 0 N–H and O–H groups in total. The number of ether oxygens (including phenoxy) is 1. The average Bonchev–Trinajstić information content (AvgIpc) is 2.11. The van der Waals surface area contributed by atoms with Crippen LogP contribution in [0.5, 0.6) is 0 Å². The lowest BCUT2D eigenvalue weighted by Crippen LogP contribution is -2.23. The van der Waals surface area contributed by atoms with Gasteiger partial charge in [0.25, 0.3) is 0 Å². The smallest absolute Gasteiger partial charge is 0.0937 e. The molecule has 0 aromatic rings. The van der Waals surface area contributed by atoms with E-state index in [2.05, 4.69) is 39.0 Å². The lowest BCUT2D eigenvalue weighted by Gasteiger charge is -2.17. The van der Waals surface area contributed by atoms with Crippen molar-refractivity contribution in [1.82, 2.24) is 0 Å². The summed E-state index contributed by atoms with van der Waals surface area (Å²) < 4.78 is 10.2. The Labute approximate surface area is 92.7 Å². The van der Waals surface area contributed by atoms with Gasteiger partial charge in [0.05, 0.1) is 17.9 Å². The highest BCUT2D eigenvalue weighted by Crippen LogP contribution is 2.10. The molecule has 0 saturated heterocycles. The number of hydrogen-bond acceptors (Lipinski definition) is 3. The van der Waals surface area contributed by atoms with E-state index in [4.69, 9.17) is 4.74 Å². The summed E-state index contributed by atoms with van der Waals surface area (Å²) in [5.74, 6) is 1.10. The van der Waals surface area contributed by atoms with Gasteiger partial charge in [-0.3, -0.25) is 0 Å². The minimum absolute atomic E-state index is 0.157. The molecule has 84 valence electrons. The molecule has 1 atom stereocenters. The predicted molar refractivity (Wildman–Crippen MR) is 66.2 cm³/mol. The van der Waals surface area contributed by atoms with Gasteiger partial charge in [-0.05, 0) is 45.6 Å². The van der Waals surface area contributed by atoms with Crippen molar-refractivity contribution >= 4 is 17.7 Å². The maximum Gasteiger partial charge on any atom is 0.0937 e. The molecule has 0 aliphatic rings. The van der Waals surface area contributed by atoms with Gasteiger partial charge < -0.3 is 4.74 Å². The van der Waals surface area contributed by atoms with Crippen LogP contribution in [0.2, 0.25) is 0 Å². The second-order valence-corrected chi connectivity index (χ2v) is 4.45. The Morgan fingerprint density at radius 1 is 1.29 bits per heavy atom. The highest BCUT2D eigenvalue weighted by molar-refractivity contribution is 7.98. The Morgan fingerprint density at radius 2 is 1.93 bits per heavy atom. The molecule has 0 heterocycles. The van der Waals surface area contributed by atoms with E-state index < -0.39 is 0 Å². The largest absolute Gasteiger partial charge is 0.370 e. The first-order valence-electron chi connectivity index (χ1n) is 5.45. The molecule has 0 rings (SSSR count). The quantitative estimate of drug-likeness (QED) is 0.368. The van der Waals surface area contributed by atoms with Crippen LogP contribution >= 0.6 is 11.9 Å². The van der Waals surface area contributed by atoms with Crippen LogP contribution in [0.15, 0.2) is 4.40 Å². The van der Waals surface area contributed by atoms with E-state index in [-0.39, 0.29) is 12.2 Å². The van der Waals surface area contributed by atoms with Crippen molar-refractivity contribution in [3.8, 4) is 0 Å². The Hall–Kier alpha value is -0.0200. The fraction of sp³-hybridized carbons (Fsp3) is 0.909. The van der Waals surface area contributed by atoms with Gasteiger partial charge in [-0.2, -0.15) is 0 Å². The highest BCUT2D eigenvalue weighted by Gasteiger charge is 2.10. The third-order valence-electron chi connectivity index (χ3n) is 1.79. The van der Waals surface area contributed by atoms with Gasteiger partial charge in [0, 0.05) is 5.75 Å². The maximum atomic E-state index is 5.69. The molecule has 14 heavy (non-hydrogen) atoms. The summed E-state index contributed by atoms with van der Waals surface area (Å²) in [5, 5.41) is 0. The normalized spacial score (nSPS) is 14.9. The van der Waals surface area contributed by atoms with Crippen LogP contribution in [-0.2, 0) is 4.74 Å². The average molecular weight is 217 g/mol. The lowest BCUT2D eigenvalue weighted by molar-refractivity contribution is 0.0559. The summed E-state index contributed by atoms with van der Waals surface area (Å²) >= 11 is 1.65. The van der Waals surface area contributed by atoms with Gasteiger partial charge in [-0.15, -0.1) is 0 Å². The van der Waals surface area contributed by atoms with Crippen molar-refractivity contribution in [3.05, 3.63) is 0 Å². The number of hydrogen-bond donors (Lipinski definition) is 0. The molecule has 0 saturated carbocycles. The molecule has 2 nitrogen and oxygen atoms in total. The second kappa shape index (κ2) is 8.30. The Balaban J connectivity index is 4.03. The maximum absolute atomic E-state index is 5.69. The van der Waals surface area contributed by atoms with Crippen molar-refractivity contribution in [2.75, 3.05) is 5.75 Å². The van der Waals surface area contributed by atoms with E-state index in [9.17, 15) is 0 Å². The first-order valence-corrected chi connectivity index (χ1v) is 6.40. The summed E-state index contributed by atoms with van der Waals surface area (Å²) in [6.07, 6.45) is 2.58. The summed E-state index contributed by atoms with van der Waals surface area (Å²) in [6.45, 7) is 10.5. The lowest BCUT2D eigenvalue weighted by atomic mass is 10.2. The number of nitrogens with zero attached hydrogens (tertiary/aromatic N) is 1. The van der Waals surface area contributed by atoms with Crippen molar-refractivity contribution in [2.45, 2.75) is 59.7 Å². The molecule has 0 aliphatic carbocycles. The van der Waals surface area contributed by atoms with Gasteiger partial charge in [-0.25, -0.2) is 4.40 Å². The summed E-state index contributed by atoms with van der Waals surface area (Å²) in [5.41, 5.74) is 1.16. The molecule has 0 aromatic heterocycles. The first-order chi connectivity index (χ1) is 6.61. The summed E-state index contributed by atoms with van der Waals surface area (Å²) in [4.78, 5) is 0. The van der Waals surface area contributed by atoms with Crippen LogP contribution in [-0.4, -0.2) is 23.7 Å². The van der Waals surface area contributed by atoms with E-state index in [0.29, 0.717) is 0 Å². The van der Waals surface area contributed by atoms with Gasteiger partial charge in [0.1, 0.15) is 0 Å². The van der Waals surface area contributed by atoms with Crippen LogP contribution in [0.3, 0.4) is 0 Å². The molecule has 0 aliphatic heterocycles. The van der Waals surface area contributed by atoms with Gasteiger partial charge in [-0.1, -0.05) is 13.8 Å². The number of rotatable bonds is 7. The van der Waals surface area contributed by atoms with Gasteiger partial charge in [0.15, 0.2) is 0 Å². The van der Waals surface area contributed by atoms with Crippen molar-refractivity contribution < 1.29 is 4.74 Å². The van der Waals surface area contributed by atoms with E-state index in [0.717, 1.165) is 17.9 Å². The fourth-order valence-electron chi connectivity index (χ4n) is 1.13. The summed E-state index contributed by atoms with van der Waals surface area (Å²) in [7, 11) is 0. The molecular formula is C11H23NOS. The predicted octanol–water partition coefficient (Wildman–Crippen LogP) is 3.71. The topological polar surface area (TPSA) is 21.6 Å². The highest BCUT2D eigenvalue weighted by atomic mass is 32.2. The molecule has 0 spiro atoms. The molecule has 0 amide bonds. The molecule has 0 bridgehead atoms. The van der Waals surface area contributed by atoms with Crippen molar-refractivity contribution in [1.29, 1.82) is 0 Å². The zero-order valence-electron chi connectivity index (χ0n) is 10.0. The monoisotopic (exact) mass is 217 g/mol. The van der Waals surface area contributed by atoms with Crippen molar-refractivity contribution in [3.63, 3.8) is 0 Å². The Bertz CT molecular complexity index is 169. The van der Waals surface area contributed by atoms with Crippen LogP contribution in [0, 0.1) is 0 Å². The third-order valence-corrected chi connectivity index (χ3v) is 2.74. The molecule has 0 radical (unpaired) electrons. The minimum Gasteiger partial charge on any atom is -0.370 e. The van der Waals surface area contributed by atoms with Crippen LogP contribution in [0.25, 0.3) is 0 Å². The molecule has 0 fully saturated rings. The zero-order valence-corrected chi connectivity index (χ0v) is 10.9.